The van der Waals surface area contributed by atoms with Crippen molar-refractivity contribution in [3.05, 3.63) is 52.3 Å². The van der Waals surface area contributed by atoms with Gasteiger partial charge in [-0.2, -0.15) is 0 Å². The van der Waals surface area contributed by atoms with Crippen LogP contribution in [-0.2, 0) is 36.9 Å². The Kier molecular flexibility index (Phi) is 19.2. The summed E-state index contributed by atoms with van der Waals surface area (Å²) in [7, 11) is 3.51. The molecule has 0 saturated heterocycles. The van der Waals surface area contributed by atoms with Crippen LogP contribution in [0.15, 0.2) is 29.2 Å². The number of rotatable bonds is 24. The number of carbonyl (C=O) groups excluding carboxylic acids is 2. The van der Waals surface area contributed by atoms with Crippen LogP contribution in [-0.4, -0.2) is 106 Å². The molecule has 0 bridgehead atoms. The molecule has 14 heteroatoms. The molecule has 0 fully saturated rings. The molecule has 46 heavy (non-hydrogen) atoms. The first-order valence-electron chi connectivity index (χ1n) is 15.4. The van der Waals surface area contributed by atoms with Gasteiger partial charge >= 0.3 is 0 Å². The molecular formula is C32H50FN5O7S. The maximum absolute atomic E-state index is 13.6. The smallest absolute Gasteiger partial charge is 0.235 e. The van der Waals surface area contributed by atoms with Gasteiger partial charge in [0.15, 0.2) is 11.5 Å². The SMILES string of the molecule is CNCC(=O)NCCCOCCOCCOCCCNC(=O)CN(C)Sc1cc(O)c(O)c(C)c1CNCc1ccc(F)c(C)c1. The molecule has 2 rings (SSSR count). The number of phenolic OH excluding ortho intramolecular Hbond substituents is 2. The number of ether oxygens (including phenoxy) is 3. The van der Waals surface area contributed by atoms with Gasteiger partial charge in [-0.3, -0.25) is 9.59 Å². The van der Waals surface area contributed by atoms with Crippen LogP contribution in [0.3, 0.4) is 0 Å². The van der Waals surface area contributed by atoms with Crippen molar-refractivity contribution in [2.45, 2.75) is 44.7 Å². The molecule has 6 N–H and O–H groups in total. The number of hydrogen-bond donors (Lipinski definition) is 6. The molecule has 2 amide bonds. The van der Waals surface area contributed by atoms with Crippen LogP contribution in [0.1, 0.15) is 35.1 Å². The molecule has 0 heterocycles. The lowest BCUT2D eigenvalue weighted by Gasteiger charge is -2.20. The topological polar surface area (TPSA) is 154 Å². The van der Waals surface area contributed by atoms with E-state index in [1.165, 1.54) is 24.1 Å². The van der Waals surface area contributed by atoms with E-state index in [2.05, 4.69) is 21.3 Å². The zero-order valence-corrected chi connectivity index (χ0v) is 28.2. The lowest BCUT2D eigenvalue weighted by atomic mass is 10.1. The number of likely N-dealkylation sites (N-methyl/N-ethyl adjacent to an activating group) is 2. The summed E-state index contributed by atoms with van der Waals surface area (Å²) >= 11 is 1.30. The van der Waals surface area contributed by atoms with E-state index in [0.29, 0.717) is 94.8 Å². The van der Waals surface area contributed by atoms with Crippen LogP contribution >= 0.6 is 11.9 Å². The summed E-state index contributed by atoms with van der Waals surface area (Å²) in [5, 5.41) is 32.3. The van der Waals surface area contributed by atoms with Gasteiger partial charge in [-0.15, -0.1) is 0 Å². The summed E-state index contributed by atoms with van der Waals surface area (Å²) < 4.78 is 31.8. The van der Waals surface area contributed by atoms with Crippen LogP contribution in [0.2, 0.25) is 0 Å². The molecule has 258 valence electrons. The van der Waals surface area contributed by atoms with E-state index in [9.17, 15) is 24.2 Å². The number of aromatic hydroxyl groups is 2. The van der Waals surface area contributed by atoms with E-state index in [1.54, 1.807) is 44.4 Å². The average Bonchev–Trinajstić information content (AvgIpc) is 3.01. The highest BCUT2D eigenvalue weighted by molar-refractivity contribution is 7.97. The number of benzene rings is 2. The van der Waals surface area contributed by atoms with Crippen molar-refractivity contribution in [1.29, 1.82) is 0 Å². The first kappa shape index (κ1) is 39.2. The van der Waals surface area contributed by atoms with Crippen LogP contribution < -0.4 is 21.3 Å². The minimum atomic E-state index is -0.251. The highest BCUT2D eigenvalue weighted by Crippen LogP contribution is 2.38. The maximum Gasteiger partial charge on any atom is 0.235 e. The summed E-state index contributed by atoms with van der Waals surface area (Å²) in [6.07, 6.45) is 1.40. The summed E-state index contributed by atoms with van der Waals surface area (Å²) in [5.41, 5.74) is 2.84. The number of halogens is 1. The molecule has 0 aliphatic heterocycles. The number of nitrogens with one attached hydrogen (secondary N) is 4. The Hall–Kier alpha value is -2.98. The third-order valence-corrected chi connectivity index (χ3v) is 7.75. The second-order valence-electron chi connectivity index (χ2n) is 10.7. The average molecular weight is 668 g/mol. The molecule has 12 nitrogen and oxygen atoms in total. The quantitative estimate of drug-likeness (QED) is 0.0556. The Morgan fingerprint density at radius 3 is 2.11 bits per heavy atom. The summed E-state index contributed by atoms with van der Waals surface area (Å²) in [5.74, 6) is -0.842. The van der Waals surface area contributed by atoms with Gasteiger partial charge < -0.3 is 45.7 Å². The number of amides is 2. The molecule has 0 spiro atoms. The van der Waals surface area contributed by atoms with Crippen molar-refractivity contribution in [2.24, 2.45) is 0 Å². The first-order chi connectivity index (χ1) is 22.1. The predicted molar refractivity (Wildman–Crippen MR) is 176 cm³/mol. The Morgan fingerprint density at radius 2 is 1.50 bits per heavy atom. The molecule has 2 aromatic carbocycles. The Morgan fingerprint density at radius 1 is 0.891 bits per heavy atom. The van der Waals surface area contributed by atoms with Crippen molar-refractivity contribution in [3.8, 4) is 11.5 Å². The van der Waals surface area contributed by atoms with Gasteiger partial charge in [0, 0.05) is 49.9 Å². The zero-order valence-electron chi connectivity index (χ0n) is 27.4. The molecule has 0 unspecified atom stereocenters. The normalized spacial score (nSPS) is 11.3. The lowest BCUT2D eigenvalue weighted by molar-refractivity contribution is -0.121. The fourth-order valence-electron chi connectivity index (χ4n) is 4.28. The molecule has 0 atom stereocenters. The molecule has 0 radical (unpaired) electrons. The fourth-order valence-corrected chi connectivity index (χ4v) is 5.29. The van der Waals surface area contributed by atoms with Crippen molar-refractivity contribution in [2.75, 3.05) is 79.9 Å². The molecule has 0 aromatic heterocycles. The van der Waals surface area contributed by atoms with Gasteiger partial charge in [0.25, 0.3) is 0 Å². The minimum Gasteiger partial charge on any atom is -0.504 e. The van der Waals surface area contributed by atoms with Crippen molar-refractivity contribution < 1.29 is 38.4 Å². The van der Waals surface area contributed by atoms with E-state index in [4.69, 9.17) is 14.2 Å². The summed E-state index contributed by atoms with van der Waals surface area (Å²) in [6.45, 7) is 8.71. The van der Waals surface area contributed by atoms with Crippen LogP contribution in [0, 0.1) is 19.7 Å². The van der Waals surface area contributed by atoms with E-state index < -0.39 is 0 Å². The van der Waals surface area contributed by atoms with Gasteiger partial charge in [0.05, 0.1) is 39.5 Å². The lowest BCUT2D eigenvalue weighted by Crippen LogP contribution is -2.33. The Bertz CT molecular complexity index is 1220. The third-order valence-electron chi connectivity index (χ3n) is 6.75. The van der Waals surface area contributed by atoms with Gasteiger partial charge in [-0.05, 0) is 81.6 Å². The van der Waals surface area contributed by atoms with Crippen molar-refractivity contribution >= 4 is 23.8 Å². The third kappa shape index (κ3) is 15.5. The van der Waals surface area contributed by atoms with Gasteiger partial charge in [0.1, 0.15) is 5.82 Å². The highest BCUT2D eigenvalue weighted by atomic mass is 32.2. The summed E-state index contributed by atoms with van der Waals surface area (Å²) in [6, 6.07) is 6.44. The van der Waals surface area contributed by atoms with Crippen LogP contribution in [0.25, 0.3) is 0 Å². The van der Waals surface area contributed by atoms with E-state index >= 15 is 0 Å². The monoisotopic (exact) mass is 667 g/mol. The van der Waals surface area contributed by atoms with Crippen molar-refractivity contribution in [1.82, 2.24) is 25.6 Å². The van der Waals surface area contributed by atoms with Gasteiger partial charge in [-0.1, -0.05) is 12.1 Å². The second-order valence-corrected chi connectivity index (χ2v) is 11.9. The minimum absolute atomic E-state index is 0.0326. The fraction of sp³-hybridized carbons (Fsp3) is 0.562. The molecular weight excluding hydrogens is 617 g/mol. The number of hydrogen-bond acceptors (Lipinski definition) is 11. The molecule has 0 saturated carbocycles. The maximum atomic E-state index is 13.6. The Labute approximate surface area is 275 Å². The highest BCUT2D eigenvalue weighted by Gasteiger charge is 2.17. The summed E-state index contributed by atoms with van der Waals surface area (Å²) in [4.78, 5) is 24.5. The number of carbonyl (C=O) groups is 2. The predicted octanol–water partition coefficient (Wildman–Crippen LogP) is 2.36. The van der Waals surface area contributed by atoms with Gasteiger partial charge in [0.2, 0.25) is 11.8 Å². The Balaban J connectivity index is 1.58. The van der Waals surface area contributed by atoms with Crippen LogP contribution in [0.5, 0.6) is 11.5 Å². The standard InChI is InChI=1S/C32H50FN5O7S/c1-23-17-25(7-8-27(23)33)19-35-20-26-24(2)32(42)28(39)18-29(26)46-38(4)22-31(41)37-10-6-12-44-14-16-45-15-13-43-11-5-9-36-30(40)21-34-3/h7-8,17-18,34-35,39,42H,5-6,9-16,19-22H2,1-4H3,(H,36,40)(H,37,41). The van der Waals surface area contributed by atoms with E-state index in [0.717, 1.165) is 17.5 Å². The van der Waals surface area contributed by atoms with Gasteiger partial charge in [-0.25, -0.2) is 8.70 Å². The largest absolute Gasteiger partial charge is 0.504 e. The van der Waals surface area contributed by atoms with E-state index in [-0.39, 0.29) is 35.7 Å². The molecule has 0 aliphatic rings. The number of nitrogens with zero attached hydrogens (tertiary/aromatic N) is 1. The van der Waals surface area contributed by atoms with E-state index in [1.807, 2.05) is 0 Å². The van der Waals surface area contributed by atoms with Crippen molar-refractivity contribution in [3.63, 3.8) is 0 Å². The van der Waals surface area contributed by atoms with Crippen LogP contribution in [0.4, 0.5) is 4.39 Å². The number of phenols is 2. The zero-order chi connectivity index (χ0) is 33.7. The first-order valence-corrected chi connectivity index (χ1v) is 16.2. The molecule has 2 aromatic rings. The second kappa shape index (κ2) is 22.5. The molecule has 0 aliphatic carbocycles. The number of aryl methyl sites for hydroxylation is 1.